The highest BCUT2D eigenvalue weighted by molar-refractivity contribution is 9.11. The van der Waals surface area contributed by atoms with Crippen molar-refractivity contribution < 1.29 is 9.47 Å². The van der Waals surface area contributed by atoms with Gasteiger partial charge in [0.15, 0.2) is 11.5 Å². The van der Waals surface area contributed by atoms with E-state index in [0.717, 1.165) is 27.3 Å². The standard InChI is InChI=1S/C15H13Br2ClO2S/c1-8-5-13(21-15(8)17)14(16)9-6-11-12(7-10(9)18)20-4-2-3-19-11/h5-7,14H,2-4H2,1H3. The third-order valence-corrected chi connectivity index (χ3v) is 7.08. The van der Waals surface area contributed by atoms with Crippen LogP contribution in [0.3, 0.4) is 0 Å². The summed E-state index contributed by atoms with van der Waals surface area (Å²) in [6, 6.07) is 5.99. The maximum atomic E-state index is 6.43. The topological polar surface area (TPSA) is 18.5 Å². The molecule has 21 heavy (non-hydrogen) atoms. The Balaban J connectivity index is 1.99. The van der Waals surface area contributed by atoms with Gasteiger partial charge in [-0.15, -0.1) is 11.3 Å². The van der Waals surface area contributed by atoms with Crippen molar-refractivity contribution in [3.05, 3.63) is 43.0 Å². The molecule has 112 valence electrons. The summed E-state index contributed by atoms with van der Waals surface area (Å²) >= 11 is 15.5. The lowest BCUT2D eigenvalue weighted by Gasteiger charge is -2.14. The summed E-state index contributed by atoms with van der Waals surface area (Å²) in [6.07, 6.45) is 0.885. The summed E-state index contributed by atoms with van der Waals surface area (Å²) in [7, 11) is 0. The Morgan fingerprint density at radius 2 is 1.86 bits per heavy atom. The van der Waals surface area contributed by atoms with Crippen molar-refractivity contribution in [1.29, 1.82) is 0 Å². The summed E-state index contributed by atoms with van der Waals surface area (Å²) in [5.74, 6) is 1.49. The second-order valence-corrected chi connectivity index (χ2v) is 8.56. The van der Waals surface area contributed by atoms with Crippen molar-refractivity contribution in [1.82, 2.24) is 0 Å². The Morgan fingerprint density at radius 1 is 1.19 bits per heavy atom. The number of ether oxygens (including phenoxy) is 2. The predicted molar refractivity (Wildman–Crippen MR) is 94.6 cm³/mol. The second kappa shape index (κ2) is 6.49. The molecule has 2 nitrogen and oxygen atoms in total. The van der Waals surface area contributed by atoms with Crippen LogP contribution in [0.5, 0.6) is 11.5 Å². The van der Waals surface area contributed by atoms with Crippen LogP contribution >= 0.6 is 54.8 Å². The predicted octanol–water partition coefficient (Wildman–Crippen LogP) is 6.12. The average Bonchev–Trinajstić information content (AvgIpc) is 2.66. The van der Waals surface area contributed by atoms with Crippen molar-refractivity contribution >= 4 is 54.8 Å². The smallest absolute Gasteiger partial charge is 0.162 e. The highest BCUT2D eigenvalue weighted by Crippen LogP contribution is 2.45. The first-order valence-corrected chi connectivity index (χ1v) is 9.45. The van der Waals surface area contributed by atoms with Gasteiger partial charge < -0.3 is 9.47 Å². The van der Waals surface area contributed by atoms with Gasteiger partial charge in [0.25, 0.3) is 0 Å². The molecule has 1 atom stereocenters. The van der Waals surface area contributed by atoms with Gasteiger partial charge in [-0.2, -0.15) is 0 Å². The summed E-state index contributed by atoms with van der Waals surface area (Å²) in [4.78, 5) is 1.24. The Hall–Kier alpha value is -0.230. The minimum atomic E-state index is 0.0390. The lowest BCUT2D eigenvalue weighted by Crippen LogP contribution is -1.97. The minimum absolute atomic E-state index is 0.0390. The fourth-order valence-corrected chi connectivity index (χ4v) is 4.91. The number of halogens is 3. The van der Waals surface area contributed by atoms with Crippen LogP contribution in [0, 0.1) is 6.92 Å². The van der Waals surface area contributed by atoms with Gasteiger partial charge in [-0.1, -0.05) is 27.5 Å². The average molecular weight is 453 g/mol. The maximum absolute atomic E-state index is 6.43. The summed E-state index contributed by atoms with van der Waals surface area (Å²) in [6.45, 7) is 3.42. The van der Waals surface area contributed by atoms with Crippen molar-refractivity contribution in [2.75, 3.05) is 13.2 Å². The molecule has 1 aromatic heterocycles. The van der Waals surface area contributed by atoms with Crippen LogP contribution in [0.15, 0.2) is 22.0 Å². The molecule has 0 N–H and O–H groups in total. The molecule has 0 aliphatic carbocycles. The first-order valence-electron chi connectivity index (χ1n) is 6.55. The molecule has 1 unspecified atom stereocenters. The zero-order valence-corrected chi connectivity index (χ0v) is 16.0. The fourth-order valence-electron chi connectivity index (χ4n) is 2.16. The summed E-state index contributed by atoms with van der Waals surface area (Å²) in [5.41, 5.74) is 2.22. The number of fused-ring (bicyclic) bond motifs is 1. The van der Waals surface area contributed by atoms with Crippen molar-refractivity contribution in [2.45, 2.75) is 18.2 Å². The van der Waals surface area contributed by atoms with Crippen molar-refractivity contribution in [2.24, 2.45) is 0 Å². The van der Waals surface area contributed by atoms with E-state index in [0.29, 0.717) is 18.2 Å². The molecule has 0 saturated heterocycles. The molecule has 3 rings (SSSR count). The molecule has 0 saturated carbocycles. The highest BCUT2D eigenvalue weighted by atomic mass is 79.9. The molecule has 6 heteroatoms. The third kappa shape index (κ3) is 3.26. The van der Waals surface area contributed by atoms with E-state index < -0.39 is 0 Å². The monoisotopic (exact) mass is 450 g/mol. The van der Waals surface area contributed by atoms with E-state index in [-0.39, 0.29) is 4.83 Å². The first-order chi connectivity index (χ1) is 10.1. The third-order valence-electron chi connectivity index (χ3n) is 3.27. The SMILES string of the molecule is Cc1cc(C(Br)c2cc3c(cc2Cl)OCCCO3)sc1Br. The number of aryl methyl sites for hydroxylation is 1. The molecular formula is C15H13Br2ClO2S. The molecule has 2 heterocycles. The minimum Gasteiger partial charge on any atom is -0.490 e. The molecule has 0 amide bonds. The number of thiophene rings is 1. The summed E-state index contributed by atoms with van der Waals surface area (Å²) in [5, 5.41) is 0.684. The Labute approximate surface area is 149 Å². The number of alkyl halides is 1. The van der Waals surface area contributed by atoms with Crippen LogP contribution in [-0.2, 0) is 0 Å². The quantitative estimate of drug-likeness (QED) is 0.511. The van der Waals surface area contributed by atoms with Crippen LogP contribution in [0.25, 0.3) is 0 Å². The van der Waals surface area contributed by atoms with Crippen molar-refractivity contribution in [3.8, 4) is 11.5 Å². The van der Waals surface area contributed by atoms with E-state index in [2.05, 4.69) is 44.8 Å². The Bertz CT molecular complexity index is 652. The van der Waals surface area contributed by atoms with Crippen LogP contribution in [-0.4, -0.2) is 13.2 Å². The van der Waals surface area contributed by atoms with Gasteiger partial charge >= 0.3 is 0 Å². The molecule has 0 spiro atoms. The van der Waals surface area contributed by atoms with E-state index in [1.54, 1.807) is 11.3 Å². The van der Waals surface area contributed by atoms with E-state index in [4.69, 9.17) is 21.1 Å². The Kier molecular flexibility index (Phi) is 4.84. The van der Waals surface area contributed by atoms with E-state index in [9.17, 15) is 0 Å². The lowest BCUT2D eigenvalue weighted by molar-refractivity contribution is 0.297. The van der Waals surface area contributed by atoms with Crippen LogP contribution in [0.4, 0.5) is 0 Å². The van der Waals surface area contributed by atoms with Crippen LogP contribution < -0.4 is 9.47 Å². The van der Waals surface area contributed by atoms with Gasteiger partial charge in [0, 0.05) is 22.4 Å². The number of hydrogen-bond acceptors (Lipinski definition) is 3. The van der Waals surface area contributed by atoms with Gasteiger partial charge in [-0.25, -0.2) is 0 Å². The Morgan fingerprint density at radius 3 is 2.48 bits per heavy atom. The van der Waals surface area contributed by atoms with Crippen molar-refractivity contribution in [3.63, 3.8) is 0 Å². The van der Waals surface area contributed by atoms with Gasteiger partial charge in [0.2, 0.25) is 0 Å². The molecule has 0 fully saturated rings. The molecule has 0 bridgehead atoms. The van der Waals surface area contributed by atoms with Gasteiger partial charge in [-0.05, 0) is 46.1 Å². The molecular weight excluding hydrogens is 439 g/mol. The largest absolute Gasteiger partial charge is 0.490 e. The second-order valence-electron chi connectivity index (χ2n) is 4.84. The van der Waals surface area contributed by atoms with Gasteiger partial charge in [0.05, 0.1) is 21.8 Å². The first kappa shape index (κ1) is 15.7. The number of rotatable bonds is 2. The molecule has 1 aromatic carbocycles. The molecule has 1 aliphatic rings. The fraction of sp³-hybridized carbons (Fsp3) is 0.333. The zero-order valence-electron chi connectivity index (χ0n) is 11.3. The molecule has 0 radical (unpaired) electrons. The zero-order chi connectivity index (χ0) is 15.0. The lowest BCUT2D eigenvalue weighted by atomic mass is 10.1. The highest BCUT2D eigenvalue weighted by Gasteiger charge is 2.21. The van der Waals surface area contributed by atoms with Gasteiger partial charge in [-0.3, -0.25) is 0 Å². The summed E-state index contributed by atoms with van der Waals surface area (Å²) < 4.78 is 12.6. The van der Waals surface area contributed by atoms with Gasteiger partial charge in [0.1, 0.15) is 0 Å². The normalized spacial score (nSPS) is 15.6. The van der Waals surface area contributed by atoms with E-state index >= 15 is 0 Å². The van der Waals surface area contributed by atoms with E-state index in [1.165, 1.54) is 10.4 Å². The molecule has 2 aromatic rings. The number of benzene rings is 1. The van der Waals surface area contributed by atoms with E-state index in [1.807, 2.05) is 12.1 Å². The number of hydrogen-bond donors (Lipinski definition) is 0. The van der Waals surface area contributed by atoms with Crippen LogP contribution in [0.1, 0.15) is 27.3 Å². The maximum Gasteiger partial charge on any atom is 0.162 e. The van der Waals surface area contributed by atoms with Crippen LogP contribution in [0.2, 0.25) is 5.02 Å². The molecule has 1 aliphatic heterocycles.